The molecule has 1 heterocycles. The number of guanidine groups is 1. The molecule has 2 N–H and O–H groups in total. The predicted molar refractivity (Wildman–Crippen MR) is 104 cm³/mol. The van der Waals surface area contributed by atoms with E-state index in [2.05, 4.69) is 39.6 Å². The third kappa shape index (κ3) is 6.12. The van der Waals surface area contributed by atoms with E-state index in [1.165, 1.54) is 6.42 Å². The summed E-state index contributed by atoms with van der Waals surface area (Å²) in [6.07, 6.45) is 3.36. The Hall–Kier alpha value is -1.95. The van der Waals surface area contributed by atoms with Crippen molar-refractivity contribution >= 4 is 11.6 Å². The Morgan fingerprint density at radius 3 is 2.92 bits per heavy atom. The lowest BCUT2D eigenvalue weighted by molar-refractivity contribution is 0.136. The second kappa shape index (κ2) is 10.8. The maximum absolute atomic E-state index is 5.57. The number of hydrogen-bond acceptors (Lipinski definition) is 4. The molecule has 0 amide bonds. The van der Waals surface area contributed by atoms with Crippen molar-refractivity contribution in [1.29, 1.82) is 0 Å². The van der Waals surface area contributed by atoms with Crippen LogP contribution < -0.4 is 20.3 Å². The third-order valence-corrected chi connectivity index (χ3v) is 4.36. The van der Waals surface area contributed by atoms with E-state index < -0.39 is 0 Å². The molecule has 1 aromatic rings. The van der Waals surface area contributed by atoms with E-state index in [4.69, 9.17) is 9.47 Å². The van der Waals surface area contributed by atoms with E-state index in [1.54, 1.807) is 14.2 Å². The van der Waals surface area contributed by atoms with Crippen molar-refractivity contribution in [2.45, 2.75) is 32.2 Å². The van der Waals surface area contributed by atoms with Crippen molar-refractivity contribution < 1.29 is 9.47 Å². The molecule has 25 heavy (non-hydrogen) atoms. The summed E-state index contributed by atoms with van der Waals surface area (Å²) < 4.78 is 11.0. The van der Waals surface area contributed by atoms with Crippen LogP contribution in [0.3, 0.4) is 0 Å². The SMILES string of the molecule is CCCCOCCNC(=NC)NC1CCN(c2ccccc2OC)C1. The summed E-state index contributed by atoms with van der Waals surface area (Å²) in [6.45, 7) is 6.43. The van der Waals surface area contributed by atoms with Crippen molar-refractivity contribution in [2.75, 3.05) is 51.9 Å². The second-order valence-electron chi connectivity index (χ2n) is 6.21. The van der Waals surface area contributed by atoms with Gasteiger partial charge in [-0.3, -0.25) is 4.99 Å². The molecule has 0 saturated carbocycles. The van der Waals surface area contributed by atoms with Gasteiger partial charge in [0, 0.05) is 39.3 Å². The summed E-state index contributed by atoms with van der Waals surface area (Å²) in [5.41, 5.74) is 1.15. The monoisotopic (exact) mass is 348 g/mol. The maximum Gasteiger partial charge on any atom is 0.191 e. The molecule has 0 aromatic heterocycles. The number of hydrogen-bond donors (Lipinski definition) is 2. The highest BCUT2D eigenvalue weighted by Crippen LogP contribution is 2.30. The van der Waals surface area contributed by atoms with Crippen LogP contribution in [0.4, 0.5) is 5.69 Å². The highest BCUT2D eigenvalue weighted by atomic mass is 16.5. The Kier molecular flexibility index (Phi) is 8.39. The quantitative estimate of drug-likeness (QED) is 0.407. The van der Waals surface area contributed by atoms with Gasteiger partial charge in [-0.25, -0.2) is 0 Å². The molecule has 0 radical (unpaired) electrons. The van der Waals surface area contributed by atoms with Crippen LogP contribution in [0, 0.1) is 0 Å². The van der Waals surface area contributed by atoms with E-state index in [0.717, 1.165) is 56.5 Å². The van der Waals surface area contributed by atoms with Gasteiger partial charge in [0.25, 0.3) is 0 Å². The number of anilines is 1. The third-order valence-electron chi connectivity index (χ3n) is 4.36. The van der Waals surface area contributed by atoms with E-state index >= 15 is 0 Å². The van der Waals surface area contributed by atoms with Crippen LogP contribution in [0.5, 0.6) is 5.75 Å². The van der Waals surface area contributed by atoms with Crippen LogP contribution in [0.25, 0.3) is 0 Å². The van der Waals surface area contributed by atoms with E-state index in [-0.39, 0.29) is 0 Å². The van der Waals surface area contributed by atoms with Crippen molar-refractivity contribution in [3.8, 4) is 5.75 Å². The average Bonchev–Trinajstić information content (AvgIpc) is 3.11. The molecule has 2 rings (SSSR count). The van der Waals surface area contributed by atoms with Gasteiger partial charge in [0.1, 0.15) is 5.75 Å². The predicted octanol–water partition coefficient (Wildman–Crippen LogP) is 2.26. The molecule has 6 nitrogen and oxygen atoms in total. The summed E-state index contributed by atoms with van der Waals surface area (Å²) in [4.78, 5) is 6.67. The van der Waals surface area contributed by atoms with E-state index in [9.17, 15) is 0 Å². The first-order chi connectivity index (χ1) is 12.3. The molecule has 1 saturated heterocycles. The van der Waals surface area contributed by atoms with Gasteiger partial charge in [-0.2, -0.15) is 0 Å². The fourth-order valence-corrected chi connectivity index (χ4v) is 2.97. The average molecular weight is 348 g/mol. The standard InChI is InChI=1S/C19H32N4O2/c1-4-5-13-25-14-11-21-19(20-2)22-16-10-12-23(15-16)17-8-6-7-9-18(17)24-3/h6-9,16H,4-5,10-15H2,1-3H3,(H2,20,21,22). The zero-order valence-corrected chi connectivity index (χ0v) is 15.8. The number of para-hydroxylation sites is 2. The number of nitrogens with zero attached hydrogens (tertiary/aromatic N) is 2. The first kappa shape index (κ1) is 19.4. The zero-order valence-electron chi connectivity index (χ0n) is 15.8. The molecule has 0 bridgehead atoms. The van der Waals surface area contributed by atoms with Crippen LogP contribution in [-0.2, 0) is 4.74 Å². The van der Waals surface area contributed by atoms with Gasteiger partial charge in [-0.1, -0.05) is 25.5 Å². The zero-order chi connectivity index (χ0) is 17.9. The maximum atomic E-state index is 5.57. The fourth-order valence-electron chi connectivity index (χ4n) is 2.97. The van der Waals surface area contributed by atoms with Gasteiger partial charge >= 0.3 is 0 Å². The van der Waals surface area contributed by atoms with Crippen LogP contribution in [0.1, 0.15) is 26.2 Å². The highest BCUT2D eigenvalue weighted by molar-refractivity contribution is 5.80. The lowest BCUT2D eigenvalue weighted by Gasteiger charge is -2.22. The summed E-state index contributed by atoms with van der Waals surface area (Å²) >= 11 is 0. The lowest BCUT2D eigenvalue weighted by atomic mass is 10.2. The first-order valence-corrected chi connectivity index (χ1v) is 9.21. The highest BCUT2D eigenvalue weighted by Gasteiger charge is 2.25. The van der Waals surface area contributed by atoms with Crippen LogP contribution in [0.2, 0.25) is 0 Å². The number of nitrogens with one attached hydrogen (secondary N) is 2. The number of methoxy groups -OCH3 is 1. The molecular formula is C19H32N4O2. The van der Waals surface area contributed by atoms with Gasteiger partial charge in [0.05, 0.1) is 19.4 Å². The molecule has 1 fully saturated rings. The van der Waals surface area contributed by atoms with Crippen molar-refractivity contribution in [1.82, 2.24) is 10.6 Å². The molecule has 1 atom stereocenters. The topological polar surface area (TPSA) is 58.1 Å². The minimum absolute atomic E-state index is 0.372. The van der Waals surface area contributed by atoms with Gasteiger partial charge < -0.3 is 25.0 Å². The van der Waals surface area contributed by atoms with Crippen LogP contribution in [-0.4, -0.2) is 59.0 Å². The van der Waals surface area contributed by atoms with Crippen molar-refractivity contribution in [2.24, 2.45) is 4.99 Å². The Balaban J connectivity index is 1.75. The van der Waals surface area contributed by atoms with Crippen LogP contribution in [0.15, 0.2) is 29.3 Å². The molecule has 0 aliphatic carbocycles. The smallest absolute Gasteiger partial charge is 0.191 e. The summed E-state index contributed by atoms with van der Waals surface area (Å²) in [7, 11) is 3.53. The van der Waals surface area contributed by atoms with Crippen molar-refractivity contribution in [3.05, 3.63) is 24.3 Å². The van der Waals surface area contributed by atoms with Gasteiger partial charge in [0.2, 0.25) is 0 Å². The molecule has 1 aliphatic heterocycles. The van der Waals surface area contributed by atoms with Crippen LogP contribution >= 0.6 is 0 Å². The number of unbranched alkanes of at least 4 members (excludes halogenated alkanes) is 1. The molecule has 1 aliphatic rings. The number of ether oxygens (including phenoxy) is 2. The van der Waals surface area contributed by atoms with Crippen molar-refractivity contribution in [3.63, 3.8) is 0 Å². The van der Waals surface area contributed by atoms with E-state index in [0.29, 0.717) is 12.6 Å². The van der Waals surface area contributed by atoms with E-state index in [1.807, 2.05) is 12.1 Å². The fraction of sp³-hybridized carbons (Fsp3) is 0.632. The molecule has 0 spiro atoms. The number of rotatable bonds is 9. The largest absolute Gasteiger partial charge is 0.495 e. The molecule has 1 aromatic carbocycles. The normalized spacial score (nSPS) is 17.6. The Labute approximate surface area is 151 Å². The molecule has 140 valence electrons. The van der Waals surface area contributed by atoms with Gasteiger partial charge in [-0.05, 0) is 25.0 Å². The first-order valence-electron chi connectivity index (χ1n) is 9.21. The Bertz CT molecular complexity index is 536. The molecular weight excluding hydrogens is 316 g/mol. The number of aliphatic imine (C=N–C) groups is 1. The van der Waals surface area contributed by atoms with Gasteiger partial charge in [0.15, 0.2) is 5.96 Å². The second-order valence-corrected chi connectivity index (χ2v) is 6.21. The summed E-state index contributed by atoms with van der Waals surface area (Å²) in [5.74, 6) is 1.76. The van der Waals surface area contributed by atoms with Gasteiger partial charge in [-0.15, -0.1) is 0 Å². The number of benzene rings is 1. The molecule has 6 heteroatoms. The lowest BCUT2D eigenvalue weighted by Crippen LogP contribution is -2.45. The Morgan fingerprint density at radius 2 is 2.16 bits per heavy atom. The summed E-state index contributed by atoms with van der Waals surface area (Å²) in [5, 5.41) is 6.83. The minimum Gasteiger partial charge on any atom is -0.495 e. The minimum atomic E-state index is 0.372. The molecule has 1 unspecified atom stereocenters. The summed E-state index contributed by atoms with van der Waals surface area (Å²) in [6, 6.07) is 8.55. The Morgan fingerprint density at radius 1 is 1.32 bits per heavy atom.